The average Bonchev–Trinajstić information content (AvgIpc) is 2.99. The molecule has 1 N–H and O–H groups in total. The minimum Gasteiger partial charge on any atom is -0.355 e. The number of rotatable bonds is 7. The lowest BCUT2D eigenvalue weighted by molar-refractivity contribution is -0.142. The van der Waals surface area contributed by atoms with E-state index >= 15 is 0 Å². The molecule has 5 nitrogen and oxygen atoms in total. The van der Waals surface area contributed by atoms with Gasteiger partial charge < -0.3 is 10.2 Å². The Morgan fingerprint density at radius 3 is 2.17 bits per heavy atom. The molecule has 158 valence electrons. The van der Waals surface area contributed by atoms with Crippen LogP contribution in [0.2, 0.25) is 20.1 Å². The molecule has 0 aromatic heterocycles. The summed E-state index contributed by atoms with van der Waals surface area (Å²) in [6.07, 6.45) is 1.35. The maximum atomic E-state index is 12.4. The molecule has 2 amide bonds. The maximum absolute atomic E-state index is 12.4. The molecule has 9 heteroatoms. The number of nitrogens with zero attached hydrogens (tertiary/aromatic N) is 1. The number of hydrogen-bond acceptors (Lipinski definition) is 3. The summed E-state index contributed by atoms with van der Waals surface area (Å²) in [6.45, 7) is 0.600. The summed E-state index contributed by atoms with van der Waals surface area (Å²) in [5, 5.41) is 4.48. The Bertz CT molecular complexity index is 996. The Kier molecular flexibility index (Phi) is 7.64. The van der Waals surface area contributed by atoms with Crippen molar-refractivity contribution < 1.29 is 14.4 Å². The Labute approximate surface area is 194 Å². The largest absolute Gasteiger partial charge is 0.355 e. The molecule has 1 fully saturated rings. The van der Waals surface area contributed by atoms with Crippen molar-refractivity contribution in [3.05, 3.63) is 67.6 Å². The molecule has 2 aromatic rings. The highest BCUT2D eigenvalue weighted by Gasteiger charge is 2.42. The zero-order valence-electron chi connectivity index (χ0n) is 15.8. The standard InChI is InChI=1S/C21H18Cl4N2O3/c22-15-5-3-12(8-17(15)24)2-1-7-26-20(29)14-11-27(21(30)19(14)28)10-13-4-6-16(23)18(25)9-13/h3-6,8-9,14H,1-2,7,10-11H2,(H,26,29). The first-order valence-electron chi connectivity index (χ1n) is 9.25. The molecule has 1 aliphatic heterocycles. The molecule has 0 radical (unpaired) electrons. The number of aryl methyl sites for hydroxylation is 1. The normalized spacial score (nSPS) is 16.3. The summed E-state index contributed by atoms with van der Waals surface area (Å²) >= 11 is 23.8. The number of Topliss-reactive ketones (excluding diaryl/α,β-unsaturated/α-hetero) is 1. The van der Waals surface area contributed by atoms with Crippen LogP contribution >= 0.6 is 46.4 Å². The Morgan fingerprint density at radius 1 is 0.933 bits per heavy atom. The van der Waals surface area contributed by atoms with E-state index in [9.17, 15) is 14.4 Å². The van der Waals surface area contributed by atoms with Gasteiger partial charge >= 0.3 is 0 Å². The molecule has 1 aliphatic rings. The van der Waals surface area contributed by atoms with Crippen LogP contribution in [0.3, 0.4) is 0 Å². The molecule has 0 spiro atoms. The van der Waals surface area contributed by atoms with Crippen LogP contribution in [0.15, 0.2) is 36.4 Å². The number of hydrogen-bond donors (Lipinski definition) is 1. The third-order valence-corrected chi connectivity index (χ3v) is 6.29. The molecule has 1 saturated heterocycles. The number of carbonyl (C=O) groups is 3. The summed E-state index contributed by atoms with van der Waals surface area (Å²) in [4.78, 5) is 38.3. The van der Waals surface area contributed by atoms with Gasteiger partial charge in [0.25, 0.3) is 5.91 Å². The van der Waals surface area contributed by atoms with Gasteiger partial charge in [-0.15, -0.1) is 0 Å². The van der Waals surface area contributed by atoms with E-state index in [4.69, 9.17) is 46.4 Å². The van der Waals surface area contributed by atoms with E-state index in [0.29, 0.717) is 39.5 Å². The highest BCUT2D eigenvalue weighted by atomic mass is 35.5. The number of ketones is 1. The van der Waals surface area contributed by atoms with Gasteiger partial charge in [0.05, 0.1) is 20.1 Å². The molecular weight excluding hydrogens is 470 g/mol. The minimum atomic E-state index is -1.01. The zero-order valence-corrected chi connectivity index (χ0v) is 18.8. The van der Waals surface area contributed by atoms with E-state index < -0.39 is 23.5 Å². The molecule has 0 bridgehead atoms. The lowest BCUT2D eigenvalue weighted by atomic mass is 10.1. The number of carbonyl (C=O) groups excluding carboxylic acids is 3. The topological polar surface area (TPSA) is 66.5 Å². The van der Waals surface area contributed by atoms with Crippen LogP contribution in [0, 0.1) is 5.92 Å². The van der Waals surface area contributed by atoms with Gasteiger partial charge in [0, 0.05) is 19.6 Å². The van der Waals surface area contributed by atoms with Gasteiger partial charge in [-0.3, -0.25) is 14.4 Å². The smallest absolute Gasteiger partial charge is 0.291 e. The lowest BCUT2D eigenvalue weighted by Gasteiger charge is -2.16. The van der Waals surface area contributed by atoms with Crippen molar-refractivity contribution in [1.82, 2.24) is 10.2 Å². The van der Waals surface area contributed by atoms with Crippen LogP contribution in [0.5, 0.6) is 0 Å². The van der Waals surface area contributed by atoms with E-state index in [1.807, 2.05) is 6.07 Å². The Balaban J connectivity index is 1.50. The van der Waals surface area contributed by atoms with Gasteiger partial charge in [0.1, 0.15) is 5.92 Å². The van der Waals surface area contributed by atoms with Crippen molar-refractivity contribution in [3.63, 3.8) is 0 Å². The van der Waals surface area contributed by atoms with Crippen LogP contribution in [-0.2, 0) is 27.3 Å². The molecule has 30 heavy (non-hydrogen) atoms. The van der Waals surface area contributed by atoms with Gasteiger partial charge in [0.15, 0.2) is 0 Å². The summed E-state index contributed by atoms with van der Waals surface area (Å²) in [6, 6.07) is 10.4. The number of amides is 2. The summed E-state index contributed by atoms with van der Waals surface area (Å²) in [7, 11) is 0. The molecule has 2 aromatic carbocycles. The van der Waals surface area contributed by atoms with Crippen molar-refractivity contribution >= 4 is 64.0 Å². The fourth-order valence-electron chi connectivity index (χ4n) is 3.21. The lowest BCUT2D eigenvalue weighted by Crippen LogP contribution is -2.36. The monoisotopic (exact) mass is 486 g/mol. The number of likely N-dealkylation sites (tertiary alicyclic amines) is 1. The first kappa shape index (κ1) is 22.9. The maximum Gasteiger partial charge on any atom is 0.291 e. The predicted molar refractivity (Wildman–Crippen MR) is 118 cm³/mol. The van der Waals surface area contributed by atoms with Gasteiger partial charge in [-0.2, -0.15) is 0 Å². The van der Waals surface area contributed by atoms with Gasteiger partial charge in [-0.25, -0.2) is 0 Å². The van der Waals surface area contributed by atoms with Crippen LogP contribution < -0.4 is 5.32 Å². The Hall–Kier alpha value is -1.79. The van der Waals surface area contributed by atoms with Crippen LogP contribution in [0.4, 0.5) is 0 Å². The van der Waals surface area contributed by atoms with Gasteiger partial charge in [-0.05, 0) is 48.2 Å². The molecule has 3 rings (SSSR count). The van der Waals surface area contributed by atoms with E-state index in [2.05, 4.69) is 5.32 Å². The van der Waals surface area contributed by atoms with Crippen molar-refractivity contribution in [2.45, 2.75) is 19.4 Å². The molecule has 1 atom stereocenters. The third kappa shape index (κ3) is 5.46. The number of nitrogens with one attached hydrogen (secondary N) is 1. The molecule has 0 saturated carbocycles. The van der Waals surface area contributed by atoms with Crippen molar-refractivity contribution in [1.29, 1.82) is 0 Å². The fraction of sp³-hybridized carbons (Fsp3) is 0.286. The first-order chi connectivity index (χ1) is 14.3. The second kappa shape index (κ2) is 10.0. The Morgan fingerprint density at radius 2 is 1.53 bits per heavy atom. The average molecular weight is 488 g/mol. The molecule has 0 aliphatic carbocycles. The molecule has 1 heterocycles. The van der Waals surface area contributed by atoms with Gasteiger partial charge in [-0.1, -0.05) is 58.5 Å². The van der Waals surface area contributed by atoms with E-state index in [1.165, 1.54) is 4.90 Å². The highest BCUT2D eigenvalue weighted by molar-refractivity contribution is 6.43. The van der Waals surface area contributed by atoms with Crippen molar-refractivity contribution in [2.75, 3.05) is 13.1 Å². The zero-order chi connectivity index (χ0) is 21.8. The number of halogens is 4. The summed E-state index contributed by atoms with van der Waals surface area (Å²) in [5.74, 6) is -2.82. The second-order valence-electron chi connectivity index (χ2n) is 6.99. The summed E-state index contributed by atoms with van der Waals surface area (Å²) in [5.41, 5.74) is 1.73. The quantitative estimate of drug-likeness (QED) is 0.353. The highest BCUT2D eigenvalue weighted by Crippen LogP contribution is 2.25. The van der Waals surface area contributed by atoms with Crippen LogP contribution in [-0.4, -0.2) is 35.6 Å². The van der Waals surface area contributed by atoms with E-state index in [1.54, 1.807) is 30.3 Å². The fourth-order valence-corrected chi connectivity index (χ4v) is 3.85. The third-order valence-electron chi connectivity index (χ3n) is 4.82. The summed E-state index contributed by atoms with van der Waals surface area (Å²) < 4.78 is 0. The predicted octanol–water partition coefficient (Wildman–Crippen LogP) is 4.58. The van der Waals surface area contributed by atoms with E-state index in [-0.39, 0.29) is 13.1 Å². The van der Waals surface area contributed by atoms with Gasteiger partial charge in [0.2, 0.25) is 11.7 Å². The minimum absolute atomic E-state index is 0.0382. The van der Waals surface area contributed by atoms with E-state index in [0.717, 1.165) is 11.1 Å². The second-order valence-corrected chi connectivity index (χ2v) is 8.62. The first-order valence-corrected chi connectivity index (χ1v) is 10.8. The van der Waals surface area contributed by atoms with Crippen LogP contribution in [0.1, 0.15) is 17.5 Å². The SMILES string of the molecule is O=C(NCCCc1ccc(Cl)c(Cl)c1)C1CN(Cc2ccc(Cl)c(Cl)c2)C(=O)C1=O. The van der Waals surface area contributed by atoms with Crippen molar-refractivity contribution in [3.8, 4) is 0 Å². The molecule has 1 unspecified atom stereocenters. The molecular formula is C21H18Cl4N2O3. The van der Waals surface area contributed by atoms with Crippen LogP contribution in [0.25, 0.3) is 0 Å². The number of benzene rings is 2. The van der Waals surface area contributed by atoms with Crippen molar-refractivity contribution in [2.24, 2.45) is 5.92 Å².